The number of hydrogen-bond acceptors (Lipinski definition) is 3. The van der Waals surface area contributed by atoms with E-state index in [1.54, 1.807) is 18.2 Å². The zero-order chi connectivity index (χ0) is 13.7. The summed E-state index contributed by atoms with van der Waals surface area (Å²) in [4.78, 5) is 33.3. The zero-order valence-electron chi connectivity index (χ0n) is 10.5. The Morgan fingerprint density at radius 3 is 1.50 bits per heavy atom. The molecule has 0 fully saturated rings. The Balaban J connectivity index is 3.19. The predicted molar refractivity (Wildman–Crippen MR) is 69.4 cm³/mol. The lowest BCUT2D eigenvalue weighted by atomic mass is 10.2. The van der Waals surface area contributed by atoms with Crippen LogP contribution < -0.4 is 16.0 Å². The number of nitrogens with one attached hydrogen (secondary N) is 3. The van der Waals surface area contributed by atoms with Gasteiger partial charge in [-0.15, -0.1) is 0 Å². The van der Waals surface area contributed by atoms with Crippen LogP contribution in [0.2, 0.25) is 0 Å². The van der Waals surface area contributed by atoms with E-state index < -0.39 is 0 Å². The molecule has 0 aliphatic heterocycles. The van der Waals surface area contributed by atoms with Crippen LogP contribution in [0.1, 0.15) is 20.8 Å². The maximum absolute atomic E-state index is 11.2. The molecule has 6 heteroatoms. The summed E-state index contributed by atoms with van der Waals surface area (Å²) in [6, 6.07) is 4.94. The van der Waals surface area contributed by atoms with E-state index in [-0.39, 0.29) is 17.7 Å². The average Bonchev–Trinajstić information content (AvgIpc) is 2.20. The molecule has 3 N–H and O–H groups in total. The minimum absolute atomic E-state index is 0.262. The van der Waals surface area contributed by atoms with Gasteiger partial charge in [0.05, 0.1) is 17.1 Å². The molecular weight excluding hydrogens is 234 g/mol. The molecule has 0 saturated heterocycles. The fourth-order valence-corrected chi connectivity index (χ4v) is 1.45. The molecule has 1 aromatic rings. The largest absolute Gasteiger partial charge is 0.324 e. The number of carbonyl (C=O) groups is 3. The Labute approximate surface area is 105 Å². The maximum atomic E-state index is 11.2. The van der Waals surface area contributed by atoms with Gasteiger partial charge in [0.2, 0.25) is 17.7 Å². The van der Waals surface area contributed by atoms with Crippen molar-refractivity contribution in [1.82, 2.24) is 0 Å². The lowest BCUT2D eigenvalue weighted by molar-refractivity contribution is -0.115. The molecule has 0 heterocycles. The van der Waals surface area contributed by atoms with Crippen LogP contribution >= 0.6 is 0 Å². The lowest BCUT2D eigenvalue weighted by Crippen LogP contribution is -2.15. The minimum atomic E-state index is -0.292. The van der Waals surface area contributed by atoms with Crippen LogP contribution in [0.4, 0.5) is 17.1 Å². The van der Waals surface area contributed by atoms with Gasteiger partial charge in [0.1, 0.15) is 0 Å². The van der Waals surface area contributed by atoms with E-state index in [9.17, 15) is 14.4 Å². The highest BCUT2D eigenvalue weighted by molar-refractivity contribution is 6.05. The van der Waals surface area contributed by atoms with Crippen LogP contribution in [0.5, 0.6) is 0 Å². The monoisotopic (exact) mass is 249 g/mol. The molecular formula is C12H15N3O3. The number of benzene rings is 1. The highest BCUT2D eigenvalue weighted by Gasteiger charge is 2.11. The van der Waals surface area contributed by atoms with Gasteiger partial charge in [-0.1, -0.05) is 6.07 Å². The summed E-state index contributed by atoms with van der Waals surface area (Å²) >= 11 is 0. The molecule has 1 aromatic carbocycles. The van der Waals surface area contributed by atoms with Crippen LogP contribution in [-0.4, -0.2) is 17.7 Å². The normalized spacial score (nSPS) is 9.50. The predicted octanol–water partition coefficient (Wildman–Crippen LogP) is 1.56. The van der Waals surface area contributed by atoms with Gasteiger partial charge in [-0.05, 0) is 12.1 Å². The van der Waals surface area contributed by atoms with Crippen molar-refractivity contribution in [3.8, 4) is 0 Å². The van der Waals surface area contributed by atoms with Crippen molar-refractivity contribution in [2.45, 2.75) is 20.8 Å². The van der Waals surface area contributed by atoms with Crippen LogP contribution in [0.15, 0.2) is 18.2 Å². The van der Waals surface area contributed by atoms with E-state index >= 15 is 0 Å². The number of para-hydroxylation sites is 1. The highest BCUT2D eigenvalue weighted by Crippen LogP contribution is 2.30. The standard InChI is InChI=1S/C12H15N3O3/c1-7(16)13-10-5-4-6-11(14-8(2)17)12(10)15-9(3)18/h4-6H,1-3H3,(H,13,16)(H,14,17)(H,15,18). The Bertz CT molecular complexity index is 463. The molecule has 3 amide bonds. The molecule has 18 heavy (non-hydrogen) atoms. The number of rotatable bonds is 3. The molecule has 1 rings (SSSR count). The van der Waals surface area contributed by atoms with Gasteiger partial charge in [0.15, 0.2) is 0 Å². The Kier molecular flexibility index (Phi) is 4.42. The zero-order valence-corrected chi connectivity index (χ0v) is 10.5. The van der Waals surface area contributed by atoms with Gasteiger partial charge in [0, 0.05) is 20.8 Å². The van der Waals surface area contributed by atoms with Crippen LogP contribution in [-0.2, 0) is 14.4 Å². The molecule has 0 unspecified atom stereocenters. The first-order chi connectivity index (χ1) is 8.40. The summed E-state index contributed by atoms with van der Waals surface area (Å²) < 4.78 is 0. The molecule has 0 bridgehead atoms. The number of hydrogen-bond donors (Lipinski definition) is 3. The third kappa shape index (κ3) is 3.89. The summed E-state index contributed by atoms with van der Waals surface area (Å²) in [5, 5.41) is 7.76. The molecule has 0 aliphatic carbocycles. The van der Waals surface area contributed by atoms with E-state index in [1.807, 2.05) is 0 Å². The van der Waals surface area contributed by atoms with Crippen molar-refractivity contribution in [2.24, 2.45) is 0 Å². The summed E-state index contributed by atoms with van der Waals surface area (Å²) in [6.45, 7) is 4.08. The third-order valence-corrected chi connectivity index (χ3v) is 1.99. The van der Waals surface area contributed by atoms with Crippen LogP contribution in [0.25, 0.3) is 0 Å². The van der Waals surface area contributed by atoms with Crippen molar-refractivity contribution in [3.05, 3.63) is 18.2 Å². The maximum Gasteiger partial charge on any atom is 0.221 e. The topological polar surface area (TPSA) is 87.3 Å². The molecule has 0 aliphatic rings. The smallest absolute Gasteiger partial charge is 0.221 e. The first kappa shape index (κ1) is 13.7. The van der Waals surface area contributed by atoms with Gasteiger partial charge in [-0.3, -0.25) is 14.4 Å². The second-order valence-corrected chi connectivity index (χ2v) is 3.77. The first-order valence-corrected chi connectivity index (χ1v) is 5.36. The van der Waals surface area contributed by atoms with E-state index in [4.69, 9.17) is 0 Å². The van der Waals surface area contributed by atoms with E-state index in [0.717, 1.165) is 0 Å². The summed E-state index contributed by atoms with van der Waals surface area (Å²) in [5.41, 5.74) is 1.24. The van der Waals surface area contributed by atoms with E-state index in [0.29, 0.717) is 17.1 Å². The van der Waals surface area contributed by atoms with Gasteiger partial charge < -0.3 is 16.0 Å². The fourth-order valence-electron chi connectivity index (χ4n) is 1.45. The highest BCUT2D eigenvalue weighted by atomic mass is 16.2. The molecule has 6 nitrogen and oxygen atoms in total. The van der Waals surface area contributed by atoms with Crippen molar-refractivity contribution in [1.29, 1.82) is 0 Å². The Morgan fingerprint density at radius 2 is 1.17 bits per heavy atom. The Hall–Kier alpha value is -2.37. The molecule has 0 radical (unpaired) electrons. The average molecular weight is 249 g/mol. The first-order valence-electron chi connectivity index (χ1n) is 5.36. The SMILES string of the molecule is CC(=O)Nc1cccc(NC(C)=O)c1NC(C)=O. The summed E-state index contributed by atoms with van der Waals surface area (Å²) in [5.74, 6) is -0.817. The molecule has 0 spiro atoms. The Morgan fingerprint density at radius 1 is 0.778 bits per heavy atom. The van der Waals surface area contributed by atoms with Gasteiger partial charge >= 0.3 is 0 Å². The molecule has 0 aromatic heterocycles. The molecule has 0 atom stereocenters. The van der Waals surface area contributed by atoms with Crippen LogP contribution in [0, 0.1) is 0 Å². The van der Waals surface area contributed by atoms with Crippen LogP contribution in [0.3, 0.4) is 0 Å². The molecule has 0 saturated carbocycles. The molecule has 96 valence electrons. The minimum Gasteiger partial charge on any atom is -0.324 e. The quantitative estimate of drug-likeness (QED) is 0.759. The number of amides is 3. The second-order valence-electron chi connectivity index (χ2n) is 3.77. The number of carbonyl (C=O) groups excluding carboxylic acids is 3. The number of anilines is 3. The van der Waals surface area contributed by atoms with Crippen molar-refractivity contribution >= 4 is 34.8 Å². The summed E-state index contributed by atoms with van der Waals surface area (Å²) in [6.07, 6.45) is 0. The fraction of sp³-hybridized carbons (Fsp3) is 0.250. The van der Waals surface area contributed by atoms with Crippen molar-refractivity contribution in [2.75, 3.05) is 16.0 Å². The second kappa shape index (κ2) is 5.81. The van der Waals surface area contributed by atoms with E-state index in [2.05, 4.69) is 16.0 Å². The van der Waals surface area contributed by atoms with Crippen molar-refractivity contribution in [3.63, 3.8) is 0 Å². The third-order valence-electron chi connectivity index (χ3n) is 1.99. The lowest BCUT2D eigenvalue weighted by Gasteiger charge is -2.15. The van der Waals surface area contributed by atoms with Gasteiger partial charge in [-0.25, -0.2) is 0 Å². The van der Waals surface area contributed by atoms with Gasteiger partial charge in [-0.2, -0.15) is 0 Å². The van der Waals surface area contributed by atoms with E-state index in [1.165, 1.54) is 20.8 Å². The summed E-state index contributed by atoms with van der Waals surface area (Å²) in [7, 11) is 0. The van der Waals surface area contributed by atoms with Gasteiger partial charge in [0.25, 0.3) is 0 Å². The van der Waals surface area contributed by atoms with Crippen molar-refractivity contribution < 1.29 is 14.4 Å².